The number of fused-ring (bicyclic) bond motifs is 1. The van der Waals surface area contributed by atoms with Crippen molar-refractivity contribution in [3.8, 4) is 11.5 Å². The highest BCUT2D eigenvalue weighted by Crippen LogP contribution is 2.27. The summed E-state index contributed by atoms with van der Waals surface area (Å²) in [7, 11) is -0.0745. The van der Waals surface area contributed by atoms with E-state index < -0.39 is 0 Å². The van der Waals surface area contributed by atoms with Gasteiger partial charge in [-0.1, -0.05) is 17.8 Å². The van der Waals surface area contributed by atoms with E-state index in [1.165, 1.54) is 5.19 Å². The average Bonchev–Trinajstić information content (AvgIpc) is 2.17. The standard InChI is InChI=1S/C9H12O2Si/c1-12-7-2-3-8-9(6-7)11-5-4-10-8/h2-3,6H,4-5,12H2,1H3. The molecule has 1 heterocycles. The van der Waals surface area contributed by atoms with Crippen LogP contribution in [-0.2, 0) is 0 Å². The highest BCUT2D eigenvalue weighted by molar-refractivity contribution is 6.52. The van der Waals surface area contributed by atoms with Crippen molar-refractivity contribution in [1.29, 1.82) is 0 Å². The second-order valence-corrected chi connectivity index (χ2v) is 4.36. The van der Waals surface area contributed by atoms with E-state index in [4.69, 9.17) is 9.47 Å². The van der Waals surface area contributed by atoms with Crippen molar-refractivity contribution in [3.05, 3.63) is 18.2 Å². The zero-order valence-electron chi connectivity index (χ0n) is 7.17. The quantitative estimate of drug-likeness (QED) is 0.579. The van der Waals surface area contributed by atoms with Crippen molar-refractivity contribution in [2.45, 2.75) is 6.55 Å². The SMILES string of the molecule is C[SiH2]c1ccc2c(c1)OCCO2. The predicted molar refractivity (Wildman–Crippen MR) is 51.5 cm³/mol. The van der Waals surface area contributed by atoms with E-state index >= 15 is 0 Å². The molecular weight excluding hydrogens is 168 g/mol. The minimum atomic E-state index is -0.0745. The molecule has 12 heavy (non-hydrogen) atoms. The van der Waals surface area contributed by atoms with Crippen LogP contribution in [0, 0.1) is 0 Å². The second kappa shape index (κ2) is 3.19. The minimum absolute atomic E-state index is 0.0745. The van der Waals surface area contributed by atoms with Gasteiger partial charge in [0.05, 0.1) is 9.52 Å². The predicted octanol–water partition coefficient (Wildman–Crippen LogP) is 0.300. The molecule has 0 spiro atoms. The van der Waals surface area contributed by atoms with Crippen LogP contribution in [0.1, 0.15) is 0 Å². The highest BCUT2D eigenvalue weighted by atomic mass is 28.2. The Labute approximate surface area is 74.3 Å². The van der Waals surface area contributed by atoms with Crippen molar-refractivity contribution < 1.29 is 9.47 Å². The molecule has 1 aliphatic rings. The summed E-state index contributed by atoms with van der Waals surface area (Å²) in [6, 6.07) is 6.26. The highest BCUT2D eigenvalue weighted by Gasteiger charge is 2.10. The van der Waals surface area contributed by atoms with Gasteiger partial charge in [0.1, 0.15) is 13.2 Å². The first kappa shape index (κ1) is 7.67. The molecule has 0 saturated carbocycles. The molecule has 0 saturated heterocycles. The summed E-state index contributed by atoms with van der Waals surface area (Å²) in [6.07, 6.45) is 0. The Hall–Kier alpha value is -0.963. The lowest BCUT2D eigenvalue weighted by Gasteiger charge is -2.18. The monoisotopic (exact) mass is 180 g/mol. The second-order valence-electron chi connectivity index (χ2n) is 2.83. The molecule has 0 aromatic heterocycles. The van der Waals surface area contributed by atoms with Crippen LogP contribution < -0.4 is 14.7 Å². The van der Waals surface area contributed by atoms with E-state index in [9.17, 15) is 0 Å². The van der Waals surface area contributed by atoms with Crippen LogP contribution in [0.3, 0.4) is 0 Å². The summed E-state index contributed by atoms with van der Waals surface area (Å²) in [5, 5.41) is 1.43. The summed E-state index contributed by atoms with van der Waals surface area (Å²) >= 11 is 0. The van der Waals surface area contributed by atoms with Crippen LogP contribution in [0.25, 0.3) is 0 Å². The van der Waals surface area contributed by atoms with Crippen molar-refractivity contribution >= 4 is 14.7 Å². The third kappa shape index (κ3) is 1.32. The lowest BCUT2D eigenvalue weighted by atomic mass is 10.3. The Bertz CT molecular complexity index is 286. The molecule has 0 N–H and O–H groups in total. The van der Waals surface area contributed by atoms with E-state index in [1.54, 1.807) is 0 Å². The summed E-state index contributed by atoms with van der Waals surface area (Å²) in [6.45, 7) is 3.63. The van der Waals surface area contributed by atoms with E-state index in [1.807, 2.05) is 6.07 Å². The molecule has 0 bridgehead atoms. The van der Waals surface area contributed by atoms with Gasteiger partial charge in [0, 0.05) is 0 Å². The third-order valence-corrected chi connectivity index (χ3v) is 3.27. The van der Waals surface area contributed by atoms with E-state index in [-0.39, 0.29) is 9.52 Å². The molecule has 1 aromatic carbocycles. The molecule has 0 atom stereocenters. The molecule has 0 unspecified atom stereocenters. The van der Waals surface area contributed by atoms with E-state index in [0.29, 0.717) is 13.2 Å². The molecule has 2 rings (SSSR count). The number of ether oxygens (including phenoxy) is 2. The summed E-state index contributed by atoms with van der Waals surface area (Å²) in [4.78, 5) is 0. The van der Waals surface area contributed by atoms with Gasteiger partial charge < -0.3 is 9.47 Å². The van der Waals surface area contributed by atoms with E-state index in [0.717, 1.165) is 11.5 Å². The van der Waals surface area contributed by atoms with Gasteiger partial charge in [0.25, 0.3) is 0 Å². The van der Waals surface area contributed by atoms with Gasteiger partial charge >= 0.3 is 0 Å². The molecule has 3 heteroatoms. The van der Waals surface area contributed by atoms with Crippen LogP contribution in [0.4, 0.5) is 0 Å². The first-order valence-corrected chi connectivity index (χ1v) is 6.41. The molecule has 0 fully saturated rings. The van der Waals surface area contributed by atoms with Gasteiger partial charge in [0.15, 0.2) is 11.5 Å². The fraction of sp³-hybridized carbons (Fsp3) is 0.333. The minimum Gasteiger partial charge on any atom is -0.486 e. The van der Waals surface area contributed by atoms with Crippen LogP contribution in [-0.4, -0.2) is 22.7 Å². The first-order valence-electron chi connectivity index (χ1n) is 4.28. The fourth-order valence-electron chi connectivity index (χ4n) is 1.31. The Morgan fingerprint density at radius 1 is 1.17 bits per heavy atom. The maximum Gasteiger partial charge on any atom is 0.161 e. The molecule has 0 radical (unpaired) electrons. The molecular formula is C9H12O2Si. The Balaban J connectivity index is 2.36. The van der Waals surface area contributed by atoms with Crippen molar-refractivity contribution in [2.24, 2.45) is 0 Å². The lowest BCUT2D eigenvalue weighted by Crippen LogP contribution is -2.18. The summed E-state index contributed by atoms with van der Waals surface area (Å²) < 4.78 is 10.9. The molecule has 0 amide bonds. The Morgan fingerprint density at radius 2 is 1.92 bits per heavy atom. The maximum atomic E-state index is 5.46. The van der Waals surface area contributed by atoms with Gasteiger partial charge in [-0.15, -0.1) is 0 Å². The van der Waals surface area contributed by atoms with Crippen LogP contribution >= 0.6 is 0 Å². The van der Waals surface area contributed by atoms with Gasteiger partial charge in [-0.05, 0) is 12.1 Å². The molecule has 0 aliphatic carbocycles. The third-order valence-electron chi connectivity index (χ3n) is 2.01. The van der Waals surface area contributed by atoms with Crippen molar-refractivity contribution in [3.63, 3.8) is 0 Å². The van der Waals surface area contributed by atoms with Gasteiger partial charge in [-0.2, -0.15) is 0 Å². The van der Waals surface area contributed by atoms with E-state index in [2.05, 4.69) is 18.7 Å². The molecule has 1 aliphatic heterocycles. The zero-order valence-corrected chi connectivity index (χ0v) is 8.58. The average molecular weight is 180 g/mol. The Morgan fingerprint density at radius 3 is 2.67 bits per heavy atom. The van der Waals surface area contributed by atoms with Crippen LogP contribution in [0.5, 0.6) is 11.5 Å². The normalized spacial score (nSPS) is 15.4. The molecule has 2 nitrogen and oxygen atoms in total. The lowest BCUT2D eigenvalue weighted by molar-refractivity contribution is 0.172. The Kier molecular flexibility index (Phi) is 2.04. The molecule has 1 aromatic rings. The van der Waals surface area contributed by atoms with Crippen molar-refractivity contribution in [2.75, 3.05) is 13.2 Å². The fourth-order valence-corrected chi connectivity index (χ4v) is 2.05. The van der Waals surface area contributed by atoms with Gasteiger partial charge in [-0.3, -0.25) is 0 Å². The summed E-state index contributed by atoms with van der Waals surface area (Å²) in [5.41, 5.74) is 0. The van der Waals surface area contributed by atoms with Crippen molar-refractivity contribution in [1.82, 2.24) is 0 Å². The summed E-state index contributed by atoms with van der Waals surface area (Å²) in [5.74, 6) is 1.82. The van der Waals surface area contributed by atoms with Crippen LogP contribution in [0.15, 0.2) is 18.2 Å². The van der Waals surface area contributed by atoms with Gasteiger partial charge in [-0.25, -0.2) is 0 Å². The number of benzene rings is 1. The first-order chi connectivity index (χ1) is 5.90. The topological polar surface area (TPSA) is 18.5 Å². The number of hydrogen-bond donors (Lipinski definition) is 0. The smallest absolute Gasteiger partial charge is 0.161 e. The largest absolute Gasteiger partial charge is 0.486 e. The zero-order chi connectivity index (χ0) is 8.39. The molecule has 64 valence electrons. The maximum absolute atomic E-state index is 5.46. The van der Waals surface area contributed by atoms with Gasteiger partial charge in [0.2, 0.25) is 0 Å². The number of rotatable bonds is 1. The number of hydrogen-bond acceptors (Lipinski definition) is 2. The van der Waals surface area contributed by atoms with Crippen LogP contribution in [0.2, 0.25) is 6.55 Å².